The van der Waals surface area contributed by atoms with Gasteiger partial charge in [-0.3, -0.25) is 0 Å². The predicted molar refractivity (Wildman–Crippen MR) is 85.4 cm³/mol. The van der Waals surface area contributed by atoms with Crippen LogP contribution in [0.1, 0.15) is 62.5 Å². The number of ether oxygens (including phenoxy) is 1. The van der Waals surface area contributed by atoms with E-state index in [0.717, 1.165) is 32.2 Å². The monoisotopic (exact) mass is 296 g/mol. The van der Waals surface area contributed by atoms with Crippen molar-refractivity contribution in [3.63, 3.8) is 0 Å². The highest BCUT2D eigenvalue weighted by Gasteiger charge is 2.42. The quantitative estimate of drug-likeness (QED) is 0.897. The van der Waals surface area contributed by atoms with Gasteiger partial charge in [-0.15, -0.1) is 11.3 Å². The Morgan fingerprint density at radius 2 is 1.95 bits per heavy atom. The lowest BCUT2D eigenvalue weighted by atomic mass is 9.84. The summed E-state index contributed by atoms with van der Waals surface area (Å²) in [7, 11) is 0. The molecule has 0 aliphatic carbocycles. The smallest absolute Gasteiger partial charge is 0.113 e. The summed E-state index contributed by atoms with van der Waals surface area (Å²) in [6.07, 6.45) is 4.79. The highest BCUT2D eigenvalue weighted by atomic mass is 32.1. The molecule has 2 heterocycles. The minimum atomic E-state index is 0.00986. The van der Waals surface area contributed by atoms with Crippen molar-refractivity contribution in [1.82, 2.24) is 10.3 Å². The molecule has 4 heteroatoms. The molecule has 0 bridgehead atoms. The van der Waals surface area contributed by atoms with Crippen LogP contribution in [-0.4, -0.2) is 23.7 Å². The molecule has 2 atom stereocenters. The largest absolute Gasteiger partial charge is 0.375 e. The summed E-state index contributed by atoms with van der Waals surface area (Å²) in [6.45, 7) is 12.0. The standard InChI is InChI=1S/C16H28N2OS/c1-6-8-17-16(9-11(3)19-12(4)10-16)15-18-14(7-2)13(5)20-15/h11-12,17H,6-10H2,1-5H3. The lowest BCUT2D eigenvalue weighted by Gasteiger charge is -2.42. The summed E-state index contributed by atoms with van der Waals surface area (Å²) in [4.78, 5) is 6.31. The summed E-state index contributed by atoms with van der Waals surface area (Å²) >= 11 is 1.87. The van der Waals surface area contributed by atoms with Gasteiger partial charge in [-0.2, -0.15) is 0 Å². The average Bonchev–Trinajstić information content (AvgIpc) is 2.77. The minimum absolute atomic E-state index is 0.00986. The van der Waals surface area contributed by atoms with Crippen molar-refractivity contribution in [1.29, 1.82) is 0 Å². The maximum Gasteiger partial charge on any atom is 0.113 e. The van der Waals surface area contributed by atoms with Crippen LogP contribution in [-0.2, 0) is 16.7 Å². The van der Waals surface area contributed by atoms with Gasteiger partial charge in [0, 0.05) is 4.88 Å². The average molecular weight is 296 g/mol. The van der Waals surface area contributed by atoms with Crippen LogP contribution in [0.3, 0.4) is 0 Å². The van der Waals surface area contributed by atoms with E-state index in [4.69, 9.17) is 9.72 Å². The molecule has 0 aromatic carbocycles. The van der Waals surface area contributed by atoms with Gasteiger partial charge in [0.2, 0.25) is 0 Å². The number of hydrogen-bond donors (Lipinski definition) is 1. The third-order valence-electron chi connectivity index (χ3n) is 4.09. The van der Waals surface area contributed by atoms with E-state index in [0.29, 0.717) is 0 Å². The number of nitrogens with zero attached hydrogens (tertiary/aromatic N) is 1. The van der Waals surface area contributed by atoms with E-state index in [1.807, 2.05) is 11.3 Å². The van der Waals surface area contributed by atoms with Crippen molar-refractivity contribution >= 4 is 11.3 Å². The molecule has 1 aromatic heterocycles. The Balaban J connectivity index is 2.34. The van der Waals surface area contributed by atoms with Gasteiger partial charge < -0.3 is 10.1 Å². The minimum Gasteiger partial charge on any atom is -0.375 e. The Morgan fingerprint density at radius 1 is 1.30 bits per heavy atom. The van der Waals surface area contributed by atoms with Crippen molar-refractivity contribution in [2.75, 3.05) is 6.54 Å². The second kappa shape index (κ2) is 6.54. The van der Waals surface area contributed by atoms with E-state index in [9.17, 15) is 0 Å². The number of aryl methyl sites for hydroxylation is 2. The molecule has 0 saturated carbocycles. The molecular formula is C16H28N2OS. The number of rotatable bonds is 5. The van der Waals surface area contributed by atoms with Crippen LogP contribution in [0.5, 0.6) is 0 Å². The van der Waals surface area contributed by atoms with E-state index in [2.05, 4.69) is 39.9 Å². The van der Waals surface area contributed by atoms with Crippen molar-refractivity contribution in [2.24, 2.45) is 0 Å². The summed E-state index contributed by atoms with van der Waals surface area (Å²) in [6, 6.07) is 0. The predicted octanol–water partition coefficient (Wildman–Crippen LogP) is 3.80. The molecule has 1 aliphatic heterocycles. The van der Waals surface area contributed by atoms with Gasteiger partial charge in [0.15, 0.2) is 0 Å². The van der Waals surface area contributed by atoms with Crippen molar-refractivity contribution < 1.29 is 4.74 Å². The zero-order chi connectivity index (χ0) is 14.8. The highest BCUT2D eigenvalue weighted by molar-refractivity contribution is 7.11. The fourth-order valence-electron chi connectivity index (χ4n) is 3.28. The Hall–Kier alpha value is -0.450. The van der Waals surface area contributed by atoms with Crippen molar-refractivity contribution in [3.8, 4) is 0 Å². The van der Waals surface area contributed by atoms with Crippen molar-refractivity contribution in [2.45, 2.75) is 78.0 Å². The number of nitrogens with one attached hydrogen (secondary N) is 1. The fraction of sp³-hybridized carbons (Fsp3) is 0.812. The van der Waals surface area contributed by atoms with Gasteiger partial charge in [0.1, 0.15) is 5.01 Å². The maximum absolute atomic E-state index is 5.94. The molecule has 1 saturated heterocycles. The van der Waals surface area contributed by atoms with Crippen molar-refractivity contribution in [3.05, 3.63) is 15.6 Å². The molecule has 0 radical (unpaired) electrons. The zero-order valence-electron chi connectivity index (χ0n) is 13.5. The molecule has 1 aromatic rings. The Bertz CT molecular complexity index is 434. The summed E-state index contributed by atoms with van der Waals surface area (Å²) in [5.74, 6) is 0. The second-order valence-corrected chi connectivity index (χ2v) is 7.25. The van der Waals surface area contributed by atoms with Crippen LogP contribution in [0.2, 0.25) is 0 Å². The van der Waals surface area contributed by atoms with E-state index in [-0.39, 0.29) is 17.7 Å². The fourth-order valence-corrected chi connectivity index (χ4v) is 4.47. The first-order chi connectivity index (χ1) is 9.50. The summed E-state index contributed by atoms with van der Waals surface area (Å²) in [5.41, 5.74) is 1.27. The Labute approximate surface area is 127 Å². The van der Waals surface area contributed by atoms with Gasteiger partial charge in [0.05, 0.1) is 23.4 Å². The molecular weight excluding hydrogens is 268 g/mol. The van der Waals surface area contributed by atoms with E-state index >= 15 is 0 Å². The molecule has 2 rings (SSSR count). The maximum atomic E-state index is 5.94. The molecule has 2 unspecified atom stereocenters. The van der Waals surface area contributed by atoms with Crippen LogP contribution in [0.15, 0.2) is 0 Å². The molecule has 20 heavy (non-hydrogen) atoms. The molecule has 1 fully saturated rings. The van der Waals surface area contributed by atoms with E-state index in [1.54, 1.807) is 0 Å². The van der Waals surface area contributed by atoms with E-state index in [1.165, 1.54) is 15.6 Å². The highest BCUT2D eigenvalue weighted by Crippen LogP contribution is 2.40. The number of thiazole rings is 1. The normalized spacial score (nSPS) is 30.6. The van der Waals surface area contributed by atoms with Gasteiger partial charge in [-0.25, -0.2) is 4.98 Å². The zero-order valence-corrected chi connectivity index (χ0v) is 14.3. The molecule has 0 spiro atoms. The lowest BCUT2D eigenvalue weighted by Crippen LogP contribution is -2.51. The van der Waals surface area contributed by atoms with Crippen LogP contribution in [0.25, 0.3) is 0 Å². The first-order valence-electron chi connectivity index (χ1n) is 7.88. The summed E-state index contributed by atoms with van der Waals surface area (Å²) in [5, 5.41) is 5.06. The molecule has 1 N–H and O–H groups in total. The molecule has 0 amide bonds. The Kier molecular flexibility index (Phi) is 5.21. The molecule has 1 aliphatic rings. The topological polar surface area (TPSA) is 34.2 Å². The van der Waals surface area contributed by atoms with E-state index < -0.39 is 0 Å². The van der Waals surface area contributed by atoms with Gasteiger partial charge in [-0.1, -0.05) is 13.8 Å². The van der Waals surface area contributed by atoms with Gasteiger partial charge in [-0.05, 0) is 53.0 Å². The number of hydrogen-bond acceptors (Lipinski definition) is 4. The molecule has 3 nitrogen and oxygen atoms in total. The van der Waals surface area contributed by atoms with Gasteiger partial charge in [0.25, 0.3) is 0 Å². The second-order valence-electron chi connectivity index (χ2n) is 6.05. The first kappa shape index (κ1) is 15.9. The van der Waals surface area contributed by atoms with Gasteiger partial charge >= 0.3 is 0 Å². The number of aromatic nitrogens is 1. The first-order valence-corrected chi connectivity index (χ1v) is 8.69. The Morgan fingerprint density at radius 3 is 2.45 bits per heavy atom. The third kappa shape index (κ3) is 3.23. The van der Waals surface area contributed by atoms with Crippen LogP contribution >= 0.6 is 11.3 Å². The SMILES string of the molecule is CCCNC1(c2nc(CC)c(C)s2)CC(C)OC(C)C1. The van der Waals surface area contributed by atoms with Crippen LogP contribution in [0, 0.1) is 6.92 Å². The molecule has 114 valence electrons. The summed E-state index contributed by atoms with van der Waals surface area (Å²) < 4.78 is 5.94. The van der Waals surface area contributed by atoms with Crippen LogP contribution < -0.4 is 5.32 Å². The lowest BCUT2D eigenvalue weighted by molar-refractivity contribution is -0.0712. The third-order valence-corrected chi connectivity index (χ3v) is 5.30. The van der Waals surface area contributed by atoms with Crippen LogP contribution in [0.4, 0.5) is 0 Å².